The molecule has 0 fully saturated rings. The number of methoxy groups -OCH3 is 2. The molecule has 0 heterocycles. The van der Waals surface area contributed by atoms with Crippen LogP contribution >= 0.6 is 0 Å². The first-order valence-electron chi connectivity index (χ1n) is 14.7. The van der Waals surface area contributed by atoms with Crippen LogP contribution < -0.4 is 20.5 Å². The number of rotatable bonds is 19. The van der Waals surface area contributed by atoms with Crippen molar-refractivity contribution in [1.82, 2.24) is 5.32 Å². The van der Waals surface area contributed by atoms with E-state index in [2.05, 4.69) is 37.4 Å². The van der Waals surface area contributed by atoms with E-state index in [1.165, 1.54) is 5.56 Å². The summed E-state index contributed by atoms with van der Waals surface area (Å²) in [5.74, 6) is 1.84. The number of aliphatic hydroxyl groups excluding tert-OH is 1. The van der Waals surface area contributed by atoms with Crippen molar-refractivity contribution in [1.29, 1.82) is 0 Å². The van der Waals surface area contributed by atoms with Gasteiger partial charge in [0.25, 0.3) is 0 Å². The van der Waals surface area contributed by atoms with Crippen molar-refractivity contribution in [2.24, 2.45) is 29.4 Å². The number of amides is 1. The fourth-order valence-corrected chi connectivity index (χ4v) is 4.97. The monoisotopic (exact) mass is 556 g/mol. The lowest BCUT2D eigenvalue weighted by Crippen LogP contribution is -2.43. The predicted molar refractivity (Wildman–Crippen MR) is 162 cm³/mol. The van der Waals surface area contributed by atoms with E-state index in [-0.39, 0.29) is 23.7 Å². The molecule has 0 saturated carbocycles. The van der Waals surface area contributed by atoms with Gasteiger partial charge in [0.1, 0.15) is 0 Å². The number of hydrogen-bond acceptors (Lipinski definition) is 6. The average molecular weight is 557 g/mol. The second-order valence-corrected chi connectivity index (χ2v) is 11.5. The first-order valence-corrected chi connectivity index (χ1v) is 14.7. The Morgan fingerprint density at radius 3 is 2.27 bits per heavy atom. The van der Waals surface area contributed by atoms with Gasteiger partial charge in [-0.2, -0.15) is 0 Å². The van der Waals surface area contributed by atoms with E-state index < -0.39 is 12.1 Å². The highest BCUT2D eigenvalue weighted by Crippen LogP contribution is 2.31. The molecule has 2 aromatic carbocycles. The fraction of sp³-hybridized carbons (Fsp3) is 0.606. The second kappa shape index (κ2) is 17.9. The molecule has 0 saturated heterocycles. The highest BCUT2D eigenvalue weighted by Gasteiger charge is 2.29. The number of carbonyl (C=O) groups is 1. The van der Waals surface area contributed by atoms with Crippen molar-refractivity contribution in [2.75, 3.05) is 34.0 Å². The molecular formula is C33H52N2O5. The van der Waals surface area contributed by atoms with Gasteiger partial charge in [-0.1, -0.05) is 64.1 Å². The molecule has 4 atom stereocenters. The lowest BCUT2D eigenvalue weighted by molar-refractivity contribution is -0.127. The second-order valence-electron chi connectivity index (χ2n) is 11.5. The summed E-state index contributed by atoms with van der Waals surface area (Å²) in [7, 11) is 3.32. The third-order valence-electron chi connectivity index (χ3n) is 7.68. The van der Waals surface area contributed by atoms with Crippen molar-refractivity contribution >= 4 is 5.91 Å². The van der Waals surface area contributed by atoms with Gasteiger partial charge in [-0.15, -0.1) is 0 Å². The van der Waals surface area contributed by atoms with Gasteiger partial charge in [-0.05, 0) is 66.7 Å². The largest absolute Gasteiger partial charge is 0.493 e. The average Bonchev–Trinajstić information content (AvgIpc) is 2.93. The van der Waals surface area contributed by atoms with Crippen LogP contribution in [0.25, 0.3) is 0 Å². The lowest BCUT2D eigenvalue weighted by atomic mass is 9.81. The van der Waals surface area contributed by atoms with Crippen LogP contribution in [-0.2, 0) is 22.4 Å². The fourth-order valence-electron chi connectivity index (χ4n) is 4.97. The number of carbonyl (C=O) groups excluding carboxylic acids is 1. The molecule has 40 heavy (non-hydrogen) atoms. The number of hydrogen-bond donors (Lipinski definition) is 3. The van der Waals surface area contributed by atoms with Crippen molar-refractivity contribution in [3.63, 3.8) is 0 Å². The number of ether oxygens (including phenoxy) is 3. The van der Waals surface area contributed by atoms with E-state index in [4.69, 9.17) is 19.9 Å². The molecule has 0 bridgehead atoms. The molecule has 4 N–H and O–H groups in total. The number of aliphatic hydroxyl groups is 1. The van der Waals surface area contributed by atoms with Crippen LogP contribution in [0.15, 0.2) is 48.5 Å². The summed E-state index contributed by atoms with van der Waals surface area (Å²) in [6, 6.07) is 15.7. The van der Waals surface area contributed by atoms with E-state index in [0.717, 1.165) is 30.6 Å². The van der Waals surface area contributed by atoms with Gasteiger partial charge in [0.15, 0.2) is 11.5 Å². The number of nitrogens with one attached hydrogen (secondary N) is 1. The molecule has 0 aliphatic heterocycles. The van der Waals surface area contributed by atoms with Gasteiger partial charge >= 0.3 is 0 Å². The zero-order valence-corrected chi connectivity index (χ0v) is 25.4. The predicted octanol–water partition coefficient (Wildman–Crippen LogP) is 5.02. The van der Waals surface area contributed by atoms with Crippen LogP contribution in [0.4, 0.5) is 0 Å². The highest BCUT2D eigenvalue weighted by atomic mass is 16.5. The molecular weight excluding hydrogens is 504 g/mol. The molecule has 0 aliphatic carbocycles. The number of benzene rings is 2. The Kier molecular flexibility index (Phi) is 15.1. The summed E-state index contributed by atoms with van der Waals surface area (Å²) in [4.78, 5) is 13.0. The Labute approximate surface area is 241 Å². The van der Waals surface area contributed by atoms with Gasteiger partial charge in [0.2, 0.25) is 5.91 Å². The van der Waals surface area contributed by atoms with Crippen LogP contribution in [0.2, 0.25) is 0 Å². The maximum Gasteiger partial charge on any atom is 0.223 e. The van der Waals surface area contributed by atoms with Crippen LogP contribution in [0, 0.1) is 23.7 Å². The van der Waals surface area contributed by atoms with Crippen LogP contribution in [0.1, 0.15) is 58.1 Å². The summed E-state index contributed by atoms with van der Waals surface area (Å²) in [6.45, 7) is 10.2. The Morgan fingerprint density at radius 1 is 0.925 bits per heavy atom. The minimum atomic E-state index is -0.760. The molecule has 7 heteroatoms. The molecule has 0 radical (unpaired) electrons. The third kappa shape index (κ3) is 11.5. The Morgan fingerprint density at radius 2 is 1.65 bits per heavy atom. The van der Waals surface area contributed by atoms with Crippen LogP contribution in [0.5, 0.6) is 11.5 Å². The summed E-state index contributed by atoms with van der Waals surface area (Å²) < 4.78 is 16.6. The summed E-state index contributed by atoms with van der Waals surface area (Å²) in [5, 5.41) is 14.2. The van der Waals surface area contributed by atoms with Crippen molar-refractivity contribution < 1.29 is 24.1 Å². The molecule has 0 aliphatic rings. The van der Waals surface area contributed by atoms with Gasteiger partial charge in [0, 0.05) is 38.6 Å². The van der Waals surface area contributed by atoms with E-state index in [1.54, 1.807) is 14.2 Å². The first-order chi connectivity index (χ1) is 19.2. The quantitative estimate of drug-likeness (QED) is 0.210. The highest BCUT2D eigenvalue weighted by molar-refractivity contribution is 5.78. The normalized spacial score (nSPS) is 14.6. The smallest absolute Gasteiger partial charge is 0.223 e. The topological polar surface area (TPSA) is 103 Å². The third-order valence-corrected chi connectivity index (χ3v) is 7.68. The molecule has 224 valence electrons. The van der Waals surface area contributed by atoms with Crippen molar-refractivity contribution in [2.45, 2.75) is 71.9 Å². The zero-order chi connectivity index (χ0) is 29.5. The summed E-state index contributed by atoms with van der Waals surface area (Å²) in [5.41, 5.74) is 8.89. The van der Waals surface area contributed by atoms with Gasteiger partial charge < -0.3 is 30.4 Å². The minimum absolute atomic E-state index is 0.0196. The van der Waals surface area contributed by atoms with E-state index in [0.29, 0.717) is 44.3 Å². The standard InChI is InChI=1S/C33H52N2O5/c1-23(2)27(19-26-13-14-31(39-6)32(20-26)40-18-10-17-38-5)21-29(34)30(36)22-28(24(3)4)33(37)35-16-15-25-11-8-7-9-12-25/h7-9,11-14,20,23-24,27-30,36H,10,15-19,21-22,34H2,1-6H3,(H,35,37)/t27-,28-,29-,30-/m0/s1. The Hall–Kier alpha value is -2.61. The molecule has 2 aromatic rings. The van der Waals surface area contributed by atoms with Crippen LogP contribution in [0.3, 0.4) is 0 Å². The maximum absolute atomic E-state index is 13.0. The van der Waals surface area contributed by atoms with Crippen molar-refractivity contribution in [3.05, 3.63) is 59.7 Å². The van der Waals surface area contributed by atoms with Crippen molar-refractivity contribution in [3.8, 4) is 11.5 Å². The van der Waals surface area contributed by atoms with Crippen LogP contribution in [-0.4, -0.2) is 57.1 Å². The van der Waals surface area contributed by atoms with E-state index >= 15 is 0 Å². The molecule has 1 amide bonds. The van der Waals surface area contributed by atoms with E-state index in [1.807, 2.05) is 44.2 Å². The molecule has 0 aromatic heterocycles. The number of nitrogens with two attached hydrogens (primary N) is 1. The Balaban J connectivity index is 1.97. The molecule has 0 spiro atoms. The SMILES string of the molecule is COCCCOc1cc(C[C@@H](C[C@H](N)[C@@H](O)C[C@H](C(=O)NCCc2ccccc2)C(C)C)C(C)C)ccc1OC. The molecule has 0 unspecified atom stereocenters. The zero-order valence-electron chi connectivity index (χ0n) is 25.4. The molecule has 2 rings (SSSR count). The van der Waals surface area contributed by atoms with E-state index in [9.17, 15) is 9.90 Å². The van der Waals surface area contributed by atoms with Gasteiger partial charge in [-0.25, -0.2) is 0 Å². The Bertz CT molecular complexity index is 982. The maximum atomic E-state index is 13.0. The lowest BCUT2D eigenvalue weighted by Gasteiger charge is -2.30. The minimum Gasteiger partial charge on any atom is -0.493 e. The molecule has 7 nitrogen and oxygen atoms in total. The summed E-state index contributed by atoms with van der Waals surface area (Å²) >= 11 is 0. The van der Waals surface area contributed by atoms with Gasteiger partial charge in [0.05, 0.1) is 19.8 Å². The first kappa shape index (κ1) is 33.6. The van der Waals surface area contributed by atoms with Gasteiger partial charge in [-0.3, -0.25) is 4.79 Å². The summed E-state index contributed by atoms with van der Waals surface area (Å²) in [6.07, 6.45) is 2.64.